The van der Waals surface area contributed by atoms with E-state index >= 15 is 0 Å². The van der Waals surface area contributed by atoms with Gasteiger partial charge >= 0.3 is 0 Å². The van der Waals surface area contributed by atoms with Gasteiger partial charge in [-0.1, -0.05) is 22.9 Å². The van der Waals surface area contributed by atoms with Gasteiger partial charge in [0.05, 0.1) is 0 Å². The Morgan fingerprint density at radius 3 is 2.69 bits per heavy atom. The minimum atomic E-state index is 0.189. The summed E-state index contributed by atoms with van der Waals surface area (Å²) in [5.41, 5.74) is 0.239. The van der Waals surface area contributed by atoms with Gasteiger partial charge in [-0.05, 0) is 31.1 Å². The second kappa shape index (κ2) is 7.28. The third-order valence-corrected chi connectivity index (χ3v) is 3.76. The van der Waals surface area contributed by atoms with Crippen LogP contribution in [0.15, 0.2) is 0 Å². The Hall–Kier alpha value is -0.0900. The van der Waals surface area contributed by atoms with E-state index in [0.717, 1.165) is 50.8 Å². The summed E-state index contributed by atoms with van der Waals surface area (Å²) >= 11 is 3.36. The van der Waals surface area contributed by atoms with Crippen LogP contribution in [0.3, 0.4) is 0 Å². The maximum Gasteiger partial charge on any atom is 0.220 e. The van der Waals surface area contributed by atoms with Crippen LogP contribution in [0.25, 0.3) is 0 Å². The van der Waals surface area contributed by atoms with Crippen molar-refractivity contribution in [2.75, 3.05) is 25.1 Å². The number of ether oxygens (including phenoxy) is 1. The molecule has 1 saturated heterocycles. The lowest BCUT2D eigenvalue weighted by molar-refractivity contribution is -0.122. The van der Waals surface area contributed by atoms with Crippen molar-refractivity contribution in [2.24, 2.45) is 5.41 Å². The van der Waals surface area contributed by atoms with E-state index in [-0.39, 0.29) is 11.3 Å². The van der Waals surface area contributed by atoms with E-state index < -0.39 is 0 Å². The van der Waals surface area contributed by atoms with Gasteiger partial charge in [0, 0.05) is 31.5 Å². The first kappa shape index (κ1) is 14.0. The molecule has 1 aliphatic heterocycles. The van der Waals surface area contributed by atoms with Gasteiger partial charge in [-0.25, -0.2) is 0 Å². The summed E-state index contributed by atoms with van der Waals surface area (Å²) in [6.07, 6.45) is 4.79. The Bertz CT molecular complexity index is 215. The second-order valence-electron chi connectivity index (χ2n) is 4.85. The molecule has 0 spiro atoms. The van der Waals surface area contributed by atoms with E-state index in [2.05, 4.69) is 28.2 Å². The average molecular weight is 292 g/mol. The van der Waals surface area contributed by atoms with Gasteiger partial charge in [0.25, 0.3) is 0 Å². The molecule has 16 heavy (non-hydrogen) atoms. The predicted molar refractivity (Wildman–Crippen MR) is 68.8 cm³/mol. The first-order valence-electron chi connectivity index (χ1n) is 6.07. The smallest absolute Gasteiger partial charge is 0.220 e. The Balaban J connectivity index is 2.14. The van der Waals surface area contributed by atoms with Crippen molar-refractivity contribution in [1.29, 1.82) is 0 Å². The maximum absolute atomic E-state index is 11.5. The molecule has 1 N–H and O–H groups in total. The van der Waals surface area contributed by atoms with Crippen molar-refractivity contribution < 1.29 is 9.53 Å². The second-order valence-corrected chi connectivity index (χ2v) is 5.64. The van der Waals surface area contributed by atoms with Gasteiger partial charge in [-0.15, -0.1) is 0 Å². The van der Waals surface area contributed by atoms with E-state index in [9.17, 15) is 4.79 Å². The predicted octanol–water partition coefficient (Wildman–Crippen LogP) is 2.48. The summed E-state index contributed by atoms with van der Waals surface area (Å²) < 4.78 is 5.33. The fourth-order valence-corrected chi connectivity index (χ4v) is 2.22. The highest BCUT2D eigenvalue weighted by Gasteiger charge is 2.27. The first-order valence-corrected chi connectivity index (χ1v) is 7.19. The van der Waals surface area contributed by atoms with Gasteiger partial charge < -0.3 is 10.1 Å². The first-order chi connectivity index (χ1) is 7.66. The number of rotatable bonds is 6. The fraction of sp³-hybridized carbons (Fsp3) is 0.917. The SMILES string of the molecule is CC1(CNC(=O)CCCCBr)CCOCC1. The highest BCUT2D eigenvalue weighted by molar-refractivity contribution is 9.09. The highest BCUT2D eigenvalue weighted by atomic mass is 79.9. The summed E-state index contributed by atoms with van der Waals surface area (Å²) in [7, 11) is 0. The molecule has 0 unspecified atom stereocenters. The van der Waals surface area contributed by atoms with Crippen LogP contribution in [0.5, 0.6) is 0 Å². The number of carbonyl (C=O) groups is 1. The van der Waals surface area contributed by atoms with Gasteiger partial charge in [-0.3, -0.25) is 4.79 Å². The molecule has 1 amide bonds. The standard InChI is InChI=1S/C12H22BrNO2/c1-12(5-8-16-9-6-12)10-14-11(15)4-2-3-7-13/h2-10H2,1H3,(H,14,15). The molecule has 3 nitrogen and oxygen atoms in total. The summed E-state index contributed by atoms with van der Waals surface area (Å²) in [6.45, 7) is 4.68. The topological polar surface area (TPSA) is 38.3 Å². The number of carbonyl (C=O) groups excluding carboxylic acids is 1. The van der Waals surface area contributed by atoms with Crippen LogP contribution in [0, 0.1) is 5.41 Å². The normalized spacial score (nSPS) is 19.4. The van der Waals surface area contributed by atoms with Crippen LogP contribution in [-0.4, -0.2) is 31.0 Å². The van der Waals surface area contributed by atoms with Gasteiger partial charge in [-0.2, -0.15) is 0 Å². The molecule has 0 radical (unpaired) electrons. The number of hydrogen-bond acceptors (Lipinski definition) is 2. The fourth-order valence-electron chi connectivity index (χ4n) is 1.82. The van der Waals surface area contributed by atoms with Gasteiger partial charge in [0.1, 0.15) is 0 Å². The van der Waals surface area contributed by atoms with E-state index in [1.807, 2.05) is 0 Å². The maximum atomic E-state index is 11.5. The van der Waals surface area contributed by atoms with E-state index in [1.165, 1.54) is 0 Å². The number of amides is 1. The molecule has 0 saturated carbocycles. The lowest BCUT2D eigenvalue weighted by Gasteiger charge is -2.33. The number of halogens is 1. The number of nitrogens with one attached hydrogen (secondary N) is 1. The molecule has 94 valence electrons. The third kappa shape index (κ3) is 5.30. The van der Waals surface area contributed by atoms with E-state index in [0.29, 0.717) is 6.42 Å². The number of hydrogen-bond donors (Lipinski definition) is 1. The van der Waals surface area contributed by atoms with Crippen molar-refractivity contribution in [1.82, 2.24) is 5.32 Å². The van der Waals surface area contributed by atoms with Gasteiger partial charge in [0.15, 0.2) is 0 Å². The van der Waals surface area contributed by atoms with E-state index in [4.69, 9.17) is 4.74 Å². The monoisotopic (exact) mass is 291 g/mol. The zero-order chi connectivity index (χ0) is 11.9. The Labute approximate surface area is 106 Å². The molecule has 0 aromatic heterocycles. The van der Waals surface area contributed by atoms with Crippen LogP contribution in [0.4, 0.5) is 0 Å². The summed E-state index contributed by atoms with van der Waals surface area (Å²) in [5, 5.41) is 4.02. The summed E-state index contributed by atoms with van der Waals surface area (Å²) in [6, 6.07) is 0. The van der Waals surface area contributed by atoms with Crippen molar-refractivity contribution in [3.8, 4) is 0 Å². The molecule has 0 aromatic rings. The quantitative estimate of drug-likeness (QED) is 0.603. The molecule has 1 aliphatic rings. The lowest BCUT2D eigenvalue weighted by atomic mass is 9.82. The molecule has 0 bridgehead atoms. The highest BCUT2D eigenvalue weighted by Crippen LogP contribution is 2.28. The summed E-state index contributed by atoms with van der Waals surface area (Å²) in [4.78, 5) is 11.5. The van der Waals surface area contributed by atoms with Crippen molar-refractivity contribution >= 4 is 21.8 Å². The van der Waals surface area contributed by atoms with Crippen LogP contribution >= 0.6 is 15.9 Å². The van der Waals surface area contributed by atoms with Crippen LogP contribution < -0.4 is 5.32 Å². The molecular formula is C12H22BrNO2. The molecule has 1 fully saturated rings. The summed E-state index contributed by atoms with van der Waals surface area (Å²) in [5.74, 6) is 0.189. The average Bonchev–Trinajstić information content (AvgIpc) is 2.28. The largest absolute Gasteiger partial charge is 0.381 e. The molecule has 0 atom stereocenters. The molecule has 4 heteroatoms. The van der Waals surface area contributed by atoms with Crippen LogP contribution in [-0.2, 0) is 9.53 Å². The molecule has 0 aliphatic carbocycles. The Morgan fingerprint density at radius 1 is 1.38 bits per heavy atom. The number of alkyl halides is 1. The van der Waals surface area contributed by atoms with Crippen molar-refractivity contribution in [3.63, 3.8) is 0 Å². The Kier molecular flexibility index (Phi) is 6.36. The van der Waals surface area contributed by atoms with Crippen molar-refractivity contribution in [2.45, 2.75) is 39.0 Å². The lowest BCUT2D eigenvalue weighted by Crippen LogP contribution is -2.39. The molecule has 1 rings (SSSR count). The Morgan fingerprint density at radius 2 is 2.06 bits per heavy atom. The van der Waals surface area contributed by atoms with Crippen LogP contribution in [0.1, 0.15) is 39.0 Å². The zero-order valence-corrected chi connectivity index (χ0v) is 11.6. The third-order valence-electron chi connectivity index (χ3n) is 3.20. The minimum absolute atomic E-state index is 0.189. The number of unbranched alkanes of at least 4 members (excludes halogenated alkanes) is 1. The van der Waals surface area contributed by atoms with E-state index in [1.54, 1.807) is 0 Å². The van der Waals surface area contributed by atoms with Crippen molar-refractivity contribution in [3.05, 3.63) is 0 Å². The molecule has 0 aromatic carbocycles. The van der Waals surface area contributed by atoms with Gasteiger partial charge in [0.2, 0.25) is 5.91 Å². The molecular weight excluding hydrogens is 270 g/mol. The van der Waals surface area contributed by atoms with Crippen LogP contribution in [0.2, 0.25) is 0 Å². The minimum Gasteiger partial charge on any atom is -0.381 e. The zero-order valence-electron chi connectivity index (χ0n) is 10.1. The molecule has 1 heterocycles.